The highest BCUT2D eigenvalue weighted by molar-refractivity contribution is 9.10. The molecule has 5 rings (SSSR count). The standard InChI is InChI=1S/C28H25BrF2N2O3S/c29-23-12-22(24(30)13-25(23)31)28-17-36-21(15-35-14-18-7-3-1-4-8-18)11-20(28)16-37-27(33-28)32-26(34)19-9-5-2-6-10-19/h1-10,12-13,20-21H,11,14-17H2,(H,32,33,34)/t20-,21?,28-/m0/s1. The zero-order valence-electron chi connectivity index (χ0n) is 19.8. The summed E-state index contributed by atoms with van der Waals surface area (Å²) >= 11 is 4.60. The number of aliphatic imine (C=N–C) groups is 1. The van der Waals surface area contributed by atoms with Gasteiger partial charge in [0.05, 0.1) is 30.4 Å². The first-order chi connectivity index (χ1) is 17.9. The minimum atomic E-state index is -1.11. The maximum Gasteiger partial charge on any atom is 0.257 e. The van der Waals surface area contributed by atoms with Crippen LogP contribution in [0.4, 0.5) is 8.78 Å². The average Bonchev–Trinajstić information content (AvgIpc) is 2.92. The van der Waals surface area contributed by atoms with Crippen molar-refractivity contribution in [3.8, 4) is 0 Å². The molecular formula is C28H25BrF2N2O3S. The molecule has 2 aliphatic rings. The fourth-order valence-corrected chi connectivity index (χ4v) is 6.21. The second kappa shape index (κ2) is 11.4. The quantitative estimate of drug-likeness (QED) is 0.356. The number of fused-ring (bicyclic) bond motifs is 1. The van der Waals surface area contributed by atoms with Gasteiger partial charge < -0.3 is 14.8 Å². The summed E-state index contributed by atoms with van der Waals surface area (Å²) < 4.78 is 41.5. The fourth-order valence-electron chi connectivity index (χ4n) is 4.70. The lowest BCUT2D eigenvalue weighted by Gasteiger charge is -2.46. The number of hydrogen-bond acceptors (Lipinski definition) is 5. The molecule has 5 nitrogen and oxygen atoms in total. The summed E-state index contributed by atoms with van der Waals surface area (Å²) in [6.07, 6.45) is 0.393. The Labute approximate surface area is 226 Å². The Bertz CT molecular complexity index is 1300. The van der Waals surface area contributed by atoms with E-state index < -0.39 is 17.2 Å². The Hall–Kier alpha value is -2.59. The van der Waals surface area contributed by atoms with E-state index in [0.717, 1.165) is 11.6 Å². The van der Waals surface area contributed by atoms with Crippen LogP contribution in [0.2, 0.25) is 0 Å². The van der Waals surface area contributed by atoms with Crippen LogP contribution in [0.3, 0.4) is 0 Å². The third-order valence-corrected chi connectivity index (χ3v) is 8.28. The molecule has 3 atom stereocenters. The van der Waals surface area contributed by atoms with Gasteiger partial charge in [-0.3, -0.25) is 4.79 Å². The van der Waals surface area contributed by atoms with Gasteiger partial charge in [-0.15, -0.1) is 0 Å². The van der Waals surface area contributed by atoms with Gasteiger partial charge in [-0.05, 0) is 46.1 Å². The molecule has 37 heavy (non-hydrogen) atoms. The van der Waals surface area contributed by atoms with Crippen LogP contribution in [0, 0.1) is 17.6 Å². The van der Waals surface area contributed by atoms with E-state index in [1.54, 1.807) is 24.3 Å². The molecule has 0 aromatic heterocycles. The van der Waals surface area contributed by atoms with Crippen molar-refractivity contribution in [3.05, 3.63) is 106 Å². The Kier molecular flexibility index (Phi) is 8.04. The predicted molar refractivity (Wildman–Crippen MR) is 143 cm³/mol. The van der Waals surface area contributed by atoms with Crippen LogP contribution in [-0.2, 0) is 21.6 Å². The van der Waals surface area contributed by atoms with Crippen LogP contribution >= 0.6 is 27.7 Å². The molecule has 1 saturated heterocycles. The highest BCUT2D eigenvalue weighted by Gasteiger charge is 2.50. The maximum atomic E-state index is 15.2. The van der Waals surface area contributed by atoms with Crippen molar-refractivity contribution in [2.75, 3.05) is 19.0 Å². The third kappa shape index (κ3) is 5.80. The monoisotopic (exact) mass is 586 g/mol. The minimum Gasteiger partial charge on any atom is -0.374 e. The minimum absolute atomic E-state index is 0.0806. The number of carbonyl (C=O) groups excluding carboxylic acids is 1. The number of amides is 1. The van der Waals surface area contributed by atoms with E-state index in [1.807, 2.05) is 36.4 Å². The lowest BCUT2D eigenvalue weighted by molar-refractivity contribution is -0.0927. The van der Waals surface area contributed by atoms with Crippen molar-refractivity contribution < 1.29 is 23.0 Å². The van der Waals surface area contributed by atoms with Crippen LogP contribution in [0.1, 0.15) is 27.9 Å². The molecule has 0 aliphatic carbocycles. The summed E-state index contributed by atoms with van der Waals surface area (Å²) in [4.78, 5) is 17.6. The topological polar surface area (TPSA) is 59.9 Å². The number of nitrogens with zero attached hydrogens (tertiary/aromatic N) is 1. The number of nitrogens with one attached hydrogen (secondary N) is 1. The second-order valence-electron chi connectivity index (χ2n) is 9.08. The van der Waals surface area contributed by atoms with Crippen molar-refractivity contribution in [3.63, 3.8) is 0 Å². The Morgan fingerprint density at radius 3 is 2.59 bits per heavy atom. The number of benzene rings is 3. The van der Waals surface area contributed by atoms with E-state index in [-0.39, 0.29) is 34.6 Å². The van der Waals surface area contributed by atoms with Crippen LogP contribution in [0.5, 0.6) is 0 Å². The summed E-state index contributed by atoms with van der Waals surface area (Å²) in [5, 5.41) is 3.24. The van der Waals surface area contributed by atoms with Gasteiger partial charge >= 0.3 is 0 Å². The summed E-state index contributed by atoms with van der Waals surface area (Å²) in [5.41, 5.74) is 0.692. The predicted octanol–water partition coefficient (Wildman–Crippen LogP) is 6.08. The third-order valence-electron chi connectivity index (χ3n) is 6.63. The molecule has 2 aliphatic heterocycles. The Balaban J connectivity index is 1.38. The van der Waals surface area contributed by atoms with Crippen LogP contribution in [0.25, 0.3) is 0 Å². The first kappa shape index (κ1) is 26.0. The Morgan fingerprint density at radius 2 is 1.84 bits per heavy atom. The summed E-state index contributed by atoms with van der Waals surface area (Å²) in [7, 11) is 0. The van der Waals surface area contributed by atoms with Gasteiger partial charge in [0, 0.05) is 28.9 Å². The summed E-state index contributed by atoms with van der Waals surface area (Å²) in [5.74, 6) is -1.21. The van der Waals surface area contributed by atoms with Crippen LogP contribution in [-0.4, -0.2) is 36.1 Å². The average molecular weight is 587 g/mol. The Morgan fingerprint density at radius 1 is 1.11 bits per heavy atom. The molecule has 1 amide bonds. The molecule has 2 heterocycles. The van der Waals surface area contributed by atoms with Crippen molar-refractivity contribution in [1.82, 2.24) is 5.32 Å². The molecule has 1 N–H and O–H groups in total. The fraction of sp³-hybridized carbons (Fsp3) is 0.286. The lowest BCUT2D eigenvalue weighted by Crippen LogP contribution is -2.52. The zero-order valence-corrected chi connectivity index (χ0v) is 22.2. The molecule has 3 aromatic rings. The summed E-state index contributed by atoms with van der Waals surface area (Å²) in [6.45, 7) is 0.943. The number of thioether (sulfide) groups is 1. The van der Waals surface area contributed by atoms with Gasteiger partial charge in [-0.1, -0.05) is 60.3 Å². The normalized spacial score (nSPS) is 23.2. The number of ether oxygens (including phenoxy) is 2. The van der Waals surface area contributed by atoms with Crippen molar-refractivity contribution in [2.24, 2.45) is 10.9 Å². The first-order valence-electron chi connectivity index (χ1n) is 11.9. The number of amidine groups is 1. The molecule has 0 bridgehead atoms. The molecule has 192 valence electrons. The van der Waals surface area contributed by atoms with Gasteiger partial charge in [-0.25, -0.2) is 13.8 Å². The molecule has 0 saturated carbocycles. The number of halogens is 3. The molecule has 0 radical (unpaired) electrons. The van der Waals surface area contributed by atoms with E-state index >= 15 is 4.39 Å². The molecule has 1 unspecified atom stereocenters. The molecule has 9 heteroatoms. The highest BCUT2D eigenvalue weighted by Crippen LogP contribution is 2.47. The lowest BCUT2D eigenvalue weighted by atomic mass is 9.75. The van der Waals surface area contributed by atoms with Gasteiger partial charge in [0.2, 0.25) is 0 Å². The zero-order chi connectivity index (χ0) is 25.8. The van der Waals surface area contributed by atoms with E-state index in [4.69, 9.17) is 14.5 Å². The largest absolute Gasteiger partial charge is 0.374 e. The van der Waals surface area contributed by atoms with Gasteiger partial charge in [0.15, 0.2) is 5.17 Å². The van der Waals surface area contributed by atoms with Crippen molar-refractivity contribution in [2.45, 2.75) is 24.7 Å². The number of carbonyl (C=O) groups is 1. The van der Waals surface area contributed by atoms with Crippen LogP contribution in [0.15, 0.2) is 82.3 Å². The molecule has 1 fully saturated rings. The van der Waals surface area contributed by atoms with Crippen molar-refractivity contribution >= 4 is 38.8 Å². The second-order valence-corrected chi connectivity index (χ2v) is 10.9. The first-order valence-corrected chi connectivity index (χ1v) is 13.7. The molecular weight excluding hydrogens is 562 g/mol. The van der Waals surface area contributed by atoms with Gasteiger partial charge in [-0.2, -0.15) is 0 Å². The molecule has 3 aromatic carbocycles. The number of hydrogen-bond donors (Lipinski definition) is 1. The highest BCUT2D eigenvalue weighted by atomic mass is 79.9. The molecule has 0 spiro atoms. The van der Waals surface area contributed by atoms with E-state index in [2.05, 4.69) is 21.2 Å². The van der Waals surface area contributed by atoms with Crippen LogP contribution < -0.4 is 5.32 Å². The van der Waals surface area contributed by atoms with Gasteiger partial charge in [0.1, 0.15) is 17.2 Å². The van der Waals surface area contributed by atoms with E-state index in [1.165, 1.54) is 17.8 Å². The van der Waals surface area contributed by atoms with Gasteiger partial charge in [0.25, 0.3) is 5.91 Å². The SMILES string of the molecule is O=C(NC1=N[C@@]2(c3cc(Br)c(F)cc3F)COC(COCc3ccccc3)C[C@H]2CS1)c1ccccc1. The van der Waals surface area contributed by atoms with E-state index in [9.17, 15) is 9.18 Å². The van der Waals surface area contributed by atoms with E-state index in [0.29, 0.717) is 36.1 Å². The van der Waals surface area contributed by atoms with Crippen molar-refractivity contribution in [1.29, 1.82) is 0 Å². The number of rotatable bonds is 6. The smallest absolute Gasteiger partial charge is 0.257 e. The summed E-state index contributed by atoms with van der Waals surface area (Å²) in [6, 6.07) is 21.0. The maximum absolute atomic E-state index is 15.2.